The van der Waals surface area contributed by atoms with Gasteiger partial charge in [0.15, 0.2) is 0 Å². The van der Waals surface area contributed by atoms with E-state index in [1.54, 1.807) is 4.90 Å². The highest BCUT2D eigenvalue weighted by atomic mass is 32.1. The van der Waals surface area contributed by atoms with Crippen LogP contribution in [0.25, 0.3) is 0 Å². The molecule has 0 atom stereocenters. The first-order valence-corrected chi connectivity index (χ1v) is 7.62. The van der Waals surface area contributed by atoms with Gasteiger partial charge in [-0.2, -0.15) is 0 Å². The average molecular weight is 318 g/mol. The number of ether oxygens (including phenoxy) is 1. The maximum Gasteiger partial charge on any atom is 0.410 e. The lowest BCUT2D eigenvalue weighted by molar-refractivity contribution is 0.0696. The number of hydrogen-bond donors (Lipinski definition) is 1. The van der Waals surface area contributed by atoms with Gasteiger partial charge in [-0.05, 0) is 5.56 Å². The third-order valence-electron chi connectivity index (χ3n) is 3.37. The minimum atomic E-state index is -1.03. The minimum absolute atomic E-state index is 0.0736. The van der Waals surface area contributed by atoms with Crippen molar-refractivity contribution in [3.05, 3.63) is 51.5 Å². The van der Waals surface area contributed by atoms with Gasteiger partial charge in [0.1, 0.15) is 6.61 Å². The highest BCUT2D eigenvalue weighted by Gasteiger charge is 2.26. The van der Waals surface area contributed by atoms with Gasteiger partial charge in [-0.3, -0.25) is 0 Å². The fourth-order valence-corrected chi connectivity index (χ4v) is 3.15. The van der Waals surface area contributed by atoms with Crippen LogP contribution in [0.2, 0.25) is 0 Å². The SMILES string of the molecule is O=C(O)c1nc2c(s1)CCN(C(=O)OCc1ccccc1)C2. The van der Waals surface area contributed by atoms with E-state index in [1.807, 2.05) is 30.3 Å². The van der Waals surface area contributed by atoms with E-state index in [9.17, 15) is 9.59 Å². The summed E-state index contributed by atoms with van der Waals surface area (Å²) >= 11 is 1.18. The van der Waals surface area contributed by atoms with Crippen LogP contribution < -0.4 is 0 Å². The Hall–Kier alpha value is -2.41. The largest absolute Gasteiger partial charge is 0.476 e. The Morgan fingerprint density at radius 1 is 1.32 bits per heavy atom. The third kappa shape index (κ3) is 3.09. The number of aromatic nitrogens is 1. The number of aromatic carboxylic acids is 1. The second-order valence-electron chi connectivity index (χ2n) is 4.91. The summed E-state index contributed by atoms with van der Waals surface area (Å²) in [6.45, 7) is 1.04. The third-order valence-corrected chi connectivity index (χ3v) is 4.52. The fourth-order valence-electron chi connectivity index (χ4n) is 2.26. The summed E-state index contributed by atoms with van der Waals surface area (Å²) in [6.07, 6.45) is 0.208. The van der Waals surface area contributed by atoms with Crippen LogP contribution in [-0.4, -0.2) is 33.6 Å². The van der Waals surface area contributed by atoms with E-state index in [-0.39, 0.29) is 11.6 Å². The number of fused-ring (bicyclic) bond motifs is 1. The molecule has 2 heterocycles. The van der Waals surface area contributed by atoms with Crippen molar-refractivity contribution in [3.63, 3.8) is 0 Å². The monoisotopic (exact) mass is 318 g/mol. The molecule has 1 aromatic carbocycles. The number of amides is 1. The zero-order valence-corrected chi connectivity index (χ0v) is 12.5. The van der Waals surface area contributed by atoms with Gasteiger partial charge in [0.25, 0.3) is 0 Å². The molecule has 114 valence electrons. The van der Waals surface area contributed by atoms with Crippen molar-refractivity contribution in [2.45, 2.75) is 19.6 Å². The van der Waals surface area contributed by atoms with Crippen molar-refractivity contribution in [3.8, 4) is 0 Å². The van der Waals surface area contributed by atoms with Gasteiger partial charge in [-0.25, -0.2) is 14.6 Å². The molecular formula is C15H14N2O4S. The zero-order chi connectivity index (χ0) is 15.5. The first-order chi connectivity index (χ1) is 10.6. The molecule has 22 heavy (non-hydrogen) atoms. The lowest BCUT2D eigenvalue weighted by atomic mass is 10.2. The molecule has 0 fully saturated rings. The topological polar surface area (TPSA) is 79.7 Å². The standard InChI is InChI=1S/C15H14N2O4S/c18-14(19)13-16-11-8-17(7-6-12(11)22-13)15(20)21-9-10-4-2-1-3-5-10/h1-5H,6-9H2,(H,18,19). The quantitative estimate of drug-likeness (QED) is 0.940. The van der Waals surface area contributed by atoms with Gasteiger partial charge in [0, 0.05) is 17.8 Å². The van der Waals surface area contributed by atoms with Crippen molar-refractivity contribution in [1.29, 1.82) is 0 Å². The van der Waals surface area contributed by atoms with Crippen molar-refractivity contribution >= 4 is 23.4 Å². The van der Waals surface area contributed by atoms with Gasteiger partial charge in [0.05, 0.1) is 12.2 Å². The van der Waals surface area contributed by atoms with Crippen molar-refractivity contribution < 1.29 is 19.4 Å². The zero-order valence-electron chi connectivity index (χ0n) is 11.7. The van der Waals surface area contributed by atoms with E-state index in [0.29, 0.717) is 25.2 Å². The highest BCUT2D eigenvalue weighted by molar-refractivity contribution is 7.13. The summed E-state index contributed by atoms with van der Waals surface area (Å²) in [5.74, 6) is -1.03. The Labute approximate surface area is 131 Å². The average Bonchev–Trinajstić information content (AvgIpc) is 2.97. The Kier molecular flexibility index (Phi) is 4.06. The van der Waals surface area contributed by atoms with Gasteiger partial charge in [0.2, 0.25) is 5.01 Å². The van der Waals surface area contributed by atoms with Crippen LogP contribution in [0.3, 0.4) is 0 Å². The number of carbonyl (C=O) groups excluding carboxylic acids is 1. The summed E-state index contributed by atoms with van der Waals surface area (Å²) in [5.41, 5.74) is 1.58. The minimum Gasteiger partial charge on any atom is -0.476 e. The number of thiazole rings is 1. The molecule has 3 rings (SSSR count). The Bertz CT molecular complexity index is 699. The Balaban J connectivity index is 1.61. The smallest absolute Gasteiger partial charge is 0.410 e. The predicted octanol–water partition coefficient (Wildman–Crippen LogP) is 2.54. The second-order valence-corrected chi connectivity index (χ2v) is 5.99. The molecule has 6 nitrogen and oxygen atoms in total. The Morgan fingerprint density at radius 2 is 2.09 bits per heavy atom. The van der Waals surface area contributed by atoms with Crippen molar-refractivity contribution in [2.24, 2.45) is 0 Å². The summed E-state index contributed by atoms with van der Waals surface area (Å²) in [5, 5.41) is 9.04. The fraction of sp³-hybridized carbons (Fsp3) is 0.267. The van der Waals surface area contributed by atoms with Gasteiger partial charge < -0.3 is 14.7 Å². The van der Waals surface area contributed by atoms with Crippen LogP contribution in [0.4, 0.5) is 4.79 Å². The number of carbonyl (C=O) groups is 2. The Morgan fingerprint density at radius 3 is 2.82 bits per heavy atom. The van der Waals surface area contributed by atoms with Gasteiger partial charge >= 0.3 is 12.1 Å². The van der Waals surface area contributed by atoms with E-state index in [1.165, 1.54) is 11.3 Å². The normalized spacial score (nSPS) is 13.5. The number of rotatable bonds is 3. The maximum atomic E-state index is 12.1. The van der Waals surface area contributed by atoms with Crippen LogP contribution in [0.5, 0.6) is 0 Å². The van der Waals surface area contributed by atoms with E-state index in [2.05, 4.69) is 4.98 Å². The molecular weight excluding hydrogens is 304 g/mol. The first-order valence-electron chi connectivity index (χ1n) is 6.81. The number of carboxylic acid groups (broad SMARTS) is 1. The molecule has 1 aromatic heterocycles. The van der Waals surface area contributed by atoms with Crippen LogP contribution in [0, 0.1) is 0 Å². The first kappa shape index (κ1) is 14.5. The maximum absolute atomic E-state index is 12.1. The van der Waals surface area contributed by atoms with Gasteiger partial charge in [-0.1, -0.05) is 30.3 Å². The van der Waals surface area contributed by atoms with E-state index in [0.717, 1.165) is 10.4 Å². The molecule has 7 heteroatoms. The molecule has 0 aliphatic carbocycles. The predicted molar refractivity (Wildman–Crippen MR) is 79.8 cm³/mol. The molecule has 1 aliphatic heterocycles. The van der Waals surface area contributed by atoms with E-state index >= 15 is 0 Å². The molecule has 2 aromatic rings. The number of hydrogen-bond acceptors (Lipinski definition) is 5. The summed E-state index contributed by atoms with van der Waals surface area (Å²) in [6, 6.07) is 9.46. The molecule has 0 unspecified atom stereocenters. The molecule has 0 radical (unpaired) electrons. The number of nitrogens with zero attached hydrogens (tertiary/aromatic N) is 2. The lowest BCUT2D eigenvalue weighted by Crippen LogP contribution is -2.36. The number of carboxylic acids is 1. The lowest BCUT2D eigenvalue weighted by Gasteiger charge is -2.25. The molecule has 0 spiro atoms. The molecule has 0 saturated heterocycles. The van der Waals surface area contributed by atoms with Gasteiger partial charge in [-0.15, -0.1) is 11.3 Å². The van der Waals surface area contributed by atoms with Crippen LogP contribution in [0.15, 0.2) is 30.3 Å². The van der Waals surface area contributed by atoms with Crippen molar-refractivity contribution in [1.82, 2.24) is 9.88 Å². The second kappa shape index (κ2) is 6.15. The molecule has 1 aliphatic rings. The van der Waals surface area contributed by atoms with E-state index in [4.69, 9.17) is 9.84 Å². The number of benzene rings is 1. The van der Waals surface area contributed by atoms with Crippen molar-refractivity contribution in [2.75, 3.05) is 6.54 Å². The van der Waals surface area contributed by atoms with Crippen LogP contribution in [0.1, 0.15) is 25.9 Å². The molecule has 0 bridgehead atoms. The summed E-state index contributed by atoms with van der Waals surface area (Å²) in [4.78, 5) is 29.6. The highest BCUT2D eigenvalue weighted by Crippen LogP contribution is 2.25. The molecule has 1 amide bonds. The molecule has 1 N–H and O–H groups in total. The summed E-state index contributed by atoms with van der Waals surface area (Å²) < 4.78 is 5.28. The summed E-state index contributed by atoms with van der Waals surface area (Å²) in [7, 11) is 0. The molecule has 0 saturated carbocycles. The van der Waals surface area contributed by atoms with Crippen LogP contribution >= 0.6 is 11.3 Å². The van der Waals surface area contributed by atoms with Crippen LogP contribution in [-0.2, 0) is 24.3 Å². The van der Waals surface area contributed by atoms with E-state index < -0.39 is 12.1 Å².